The summed E-state index contributed by atoms with van der Waals surface area (Å²) in [6.45, 7) is 7.98. The van der Waals surface area contributed by atoms with Crippen molar-refractivity contribution < 1.29 is 25.2 Å². The van der Waals surface area contributed by atoms with Crippen molar-refractivity contribution in [2.75, 3.05) is 6.61 Å². The van der Waals surface area contributed by atoms with Crippen LogP contribution in [0.1, 0.15) is 105 Å². The number of unbranched alkanes of at least 4 members (excludes halogenated alkanes) is 2. The summed E-state index contributed by atoms with van der Waals surface area (Å²) in [6, 6.07) is 0. The van der Waals surface area contributed by atoms with Crippen LogP contribution in [-0.4, -0.2) is 45.2 Å². The lowest BCUT2D eigenvalue weighted by molar-refractivity contribution is -0.147. The SMILES string of the molecule is CC(C)(CO)CCCCC1CCC(/C=C/C2CCC(CCCCC(C)(C)C(=O)O)C2O)C1O. The second-order valence-electron chi connectivity index (χ2n) is 12.4. The Morgan fingerprint density at radius 2 is 1.24 bits per heavy atom. The maximum atomic E-state index is 11.2. The van der Waals surface area contributed by atoms with E-state index in [2.05, 4.69) is 26.0 Å². The zero-order valence-electron chi connectivity index (χ0n) is 21.5. The summed E-state index contributed by atoms with van der Waals surface area (Å²) in [5.41, 5.74) is -0.676. The first-order valence-electron chi connectivity index (χ1n) is 13.4. The van der Waals surface area contributed by atoms with Crippen LogP contribution in [0.2, 0.25) is 0 Å². The molecule has 0 aliphatic heterocycles. The van der Waals surface area contributed by atoms with Gasteiger partial charge in [0.15, 0.2) is 0 Å². The average molecular weight is 467 g/mol. The Morgan fingerprint density at radius 1 is 0.788 bits per heavy atom. The molecule has 0 aromatic heterocycles. The molecule has 2 aliphatic carbocycles. The third kappa shape index (κ3) is 8.67. The van der Waals surface area contributed by atoms with E-state index in [1.807, 2.05) is 0 Å². The first-order valence-corrected chi connectivity index (χ1v) is 13.4. The van der Waals surface area contributed by atoms with Crippen molar-refractivity contribution in [3.63, 3.8) is 0 Å². The number of carboxylic acid groups (broad SMARTS) is 1. The fraction of sp³-hybridized carbons (Fsp3) is 0.893. The summed E-state index contributed by atoms with van der Waals surface area (Å²) < 4.78 is 0. The van der Waals surface area contributed by atoms with E-state index in [9.17, 15) is 25.2 Å². The highest BCUT2D eigenvalue weighted by molar-refractivity contribution is 5.73. The summed E-state index contributed by atoms with van der Waals surface area (Å²) in [4.78, 5) is 11.2. The lowest BCUT2D eigenvalue weighted by Crippen LogP contribution is -2.24. The largest absolute Gasteiger partial charge is 0.481 e. The molecule has 4 N–H and O–H groups in total. The van der Waals surface area contributed by atoms with Crippen molar-refractivity contribution in [1.29, 1.82) is 0 Å². The number of hydrogen-bond acceptors (Lipinski definition) is 4. The van der Waals surface area contributed by atoms with Gasteiger partial charge in [-0.15, -0.1) is 0 Å². The molecule has 2 saturated carbocycles. The van der Waals surface area contributed by atoms with E-state index in [4.69, 9.17) is 0 Å². The Bertz CT molecular complexity index is 626. The second-order valence-corrected chi connectivity index (χ2v) is 12.4. The van der Waals surface area contributed by atoms with Crippen molar-refractivity contribution in [3.8, 4) is 0 Å². The lowest BCUT2D eigenvalue weighted by atomic mass is 9.86. The fourth-order valence-corrected chi connectivity index (χ4v) is 5.70. The number of rotatable bonds is 14. The standard InChI is InChI=1S/C28H50O5/c1-27(2,19-29)17-7-5-9-20-11-13-22(24(20)30)15-16-23-14-12-21(25(23)31)10-6-8-18-28(3,4)26(32)33/h15-16,20-25,29-31H,5-14,17-19H2,1-4H3,(H,32,33)/b16-15+. The highest BCUT2D eigenvalue weighted by Gasteiger charge is 2.35. The van der Waals surface area contributed by atoms with Crippen LogP contribution in [0, 0.1) is 34.5 Å². The smallest absolute Gasteiger partial charge is 0.309 e. The lowest BCUT2D eigenvalue weighted by Gasteiger charge is -2.22. The summed E-state index contributed by atoms with van der Waals surface area (Å²) in [5.74, 6) is 0.312. The Balaban J connectivity index is 1.69. The molecule has 0 bridgehead atoms. The number of aliphatic hydroxyl groups excluding tert-OH is 3. The Kier molecular flexibility index (Phi) is 10.9. The molecule has 0 amide bonds. The van der Waals surface area contributed by atoms with E-state index >= 15 is 0 Å². The Hall–Kier alpha value is -0.910. The summed E-state index contributed by atoms with van der Waals surface area (Å²) in [5, 5.41) is 40.2. The van der Waals surface area contributed by atoms with Crippen LogP contribution in [0.3, 0.4) is 0 Å². The highest BCUT2D eigenvalue weighted by Crippen LogP contribution is 2.39. The van der Waals surface area contributed by atoms with Gasteiger partial charge in [-0.3, -0.25) is 4.79 Å². The van der Waals surface area contributed by atoms with Crippen LogP contribution in [0.5, 0.6) is 0 Å². The minimum Gasteiger partial charge on any atom is -0.481 e. The molecule has 0 heterocycles. The number of hydrogen-bond donors (Lipinski definition) is 4. The van der Waals surface area contributed by atoms with Gasteiger partial charge < -0.3 is 20.4 Å². The molecular weight excluding hydrogens is 416 g/mol. The van der Waals surface area contributed by atoms with Gasteiger partial charge in [-0.05, 0) is 82.5 Å². The first kappa shape index (κ1) is 28.3. The van der Waals surface area contributed by atoms with Crippen LogP contribution in [-0.2, 0) is 4.79 Å². The topological polar surface area (TPSA) is 98.0 Å². The highest BCUT2D eigenvalue weighted by atomic mass is 16.4. The van der Waals surface area contributed by atoms with E-state index in [-0.39, 0.29) is 36.1 Å². The van der Waals surface area contributed by atoms with Gasteiger partial charge in [0.05, 0.1) is 17.6 Å². The summed E-state index contributed by atoms with van der Waals surface area (Å²) in [7, 11) is 0. The minimum absolute atomic E-state index is 0.00535. The van der Waals surface area contributed by atoms with Crippen molar-refractivity contribution in [3.05, 3.63) is 12.2 Å². The number of aliphatic carboxylic acids is 1. The number of carboxylic acids is 1. The van der Waals surface area contributed by atoms with Gasteiger partial charge in [0.1, 0.15) is 0 Å². The summed E-state index contributed by atoms with van der Waals surface area (Å²) >= 11 is 0. The molecule has 0 aromatic carbocycles. The van der Waals surface area contributed by atoms with E-state index in [1.165, 1.54) is 0 Å². The molecule has 6 atom stereocenters. The molecule has 5 nitrogen and oxygen atoms in total. The van der Waals surface area contributed by atoms with E-state index < -0.39 is 11.4 Å². The number of carbonyl (C=O) groups is 1. The molecule has 0 spiro atoms. The van der Waals surface area contributed by atoms with Gasteiger partial charge in [0.2, 0.25) is 0 Å². The monoisotopic (exact) mass is 466 g/mol. The van der Waals surface area contributed by atoms with Crippen LogP contribution < -0.4 is 0 Å². The van der Waals surface area contributed by atoms with Crippen LogP contribution in [0.25, 0.3) is 0 Å². The normalized spacial score (nSPS) is 31.0. The molecule has 5 heteroatoms. The quantitative estimate of drug-likeness (QED) is 0.198. The molecule has 2 rings (SSSR count). The fourth-order valence-electron chi connectivity index (χ4n) is 5.70. The molecule has 0 radical (unpaired) electrons. The molecule has 6 unspecified atom stereocenters. The zero-order chi connectivity index (χ0) is 24.6. The van der Waals surface area contributed by atoms with E-state index in [1.54, 1.807) is 13.8 Å². The van der Waals surface area contributed by atoms with Crippen LogP contribution in [0.4, 0.5) is 0 Å². The van der Waals surface area contributed by atoms with Gasteiger partial charge in [-0.1, -0.05) is 51.7 Å². The maximum Gasteiger partial charge on any atom is 0.309 e. The first-order chi connectivity index (χ1) is 15.5. The predicted octanol–water partition coefficient (Wildman–Crippen LogP) is 5.57. The minimum atomic E-state index is -0.740. The molecule has 2 fully saturated rings. The van der Waals surface area contributed by atoms with Crippen molar-refractivity contribution >= 4 is 5.97 Å². The molecule has 0 aromatic rings. The summed E-state index contributed by atoms with van der Waals surface area (Å²) in [6.07, 6.45) is 15.6. The average Bonchev–Trinajstić information content (AvgIpc) is 3.29. The van der Waals surface area contributed by atoms with Crippen molar-refractivity contribution in [1.82, 2.24) is 0 Å². The van der Waals surface area contributed by atoms with E-state index in [0.29, 0.717) is 18.3 Å². The predicted molar refractivity (Wildman–Crippen MR) is 133 cm³/mol. The van der Waals surface area contributed by atoms with Crippen molar-refractivity contribution in [2.45, 2.75) is 117 Å². The number of aliphatic hydroxyl groups is 3. The van der Waals surface area contributed by atoms with Crippen molar-refractivity contribution in [2.24, 2.45) is 34.5 Å². The molecule has 33 heavy (non-hydrogen) atoms. The van der Waals surface area contributed by atoms with Gasteiger partial charge in [-0.2, -0.15) is 0 Å². The second kappa shape index (κ2) is 12.7. The van der Waals surface area contributed by atoms with E-state index in [0.717, 1.165) is 70.6 Å². The molecular formula is C28H50O5. The van der Waals surface area contributed by atoms with Gasteiger partial charge >= 0.3 is 5.97 Å². The van der Waals surface area contributed by atoms with Gasteiger partial charge in [0, 0.05) is 18.4 Å². The molecule has 2 aliphatic rings. The molecule has 0 saturated heterocycles. The third-order valence-electron chi connectivity index (χ3n) is 8.50. The maximum absolute atomic E-state index is 11.2. The Morgan fingerprint density at radius 3 is 1.67 bits per heavy atom. The third-order valence-corrected chi connectivity index (χ3v) is 8.50. The van der Waals surface area contributed by atoms with Gasteiger partial charge in [0.25, 0.3) is 0 Å². The zero-order valence-corrected chi connectivity index (χ0v) is 21.5. The van der Waals surface area contributed by atoms with Crippen LogP contribution >= 0.6 is 0 Å². The van der Waals surface area contributed by atoms with Crippen LogP contribution in [0.15, 0.2) is 12.2 Å². The van der Waals surface area contributed by atoms with Gasteiger partial charge in [-0.25, -0.2) is 0 Å². The Labute approximate surface area is 201 Å². The molecule has 192 valence electrons.